The van der Waals surface area contributed by atoms with Gasteiger partial charge in [-0.2, -0.15) is 14.9 Å². The first-order valence-corrected chi connectivity index (χ1v) is 13.1. The lowest BCUT2D eigenvalue weighted by molar-refractivity contribution is -0.121. The van der Waals surface area contributed by atoms with Crippen molar-refractivity contribution >= 4 is 34.4 Å². The molecule has 0 radical (unpaired) electrons. The van der Waals surface area contributed by atoms with E-state index in [9.17, 15) is 4.79 Å². The quantitative estimate of drug-likeness (QED) is 0.302. The molecule has 1 fully saturated rings. The average molecular weight is 526 g/mol. The summed E-state index contributed by atoms with van der Waals surface area (Å²) in [6.07, 6.45) is 6.83. The zero-order valence-electron chi connectivity index (χ0n) is 21.6. The number of carbonyl (C=O) groups is 1. The molecule has 0 spiro atoms. The average Bonchev–Trinajstić information content (AvgIpc) is 3.65. The largest absolute Gasteiger partial charge is 0.310 e. The number of aryl methyl sites for hydroxylation is 2. The Labute approximate surface area is 225 Å². The van der Waals surface area contributed by atoms with Crippen molar-refractivity contribution in [3.05, 3.63) is 88.5 Å². The predicted molar refractivity (Wildman–Crippen MR) is 148 cm³/mol. The van der Waals surface area contributed by atoms with E-state index in [0.29, 0.717) is 22.3 Å². The van der Waals surface area contributed by atoms with E-state index in [1.165, 1.54) is 11.9 Å². The van der Waals surface area contributed by atoms with Crippen LogP contribution in [-0.2, 0) is 10.2 Å². The minimum absolute atomic E-state index is 0.0464. The molecule has 6 rings (SSSR count). The van der Waals surface area contributed by atoms with Crippen LogP contribution in [0.2, 0.25) is 5.02 Å². The second kappa shape index (κ2) is 9.36. The first-order valence-electron chi connectivity index (χ1n) is 12.8. The van der Waals surface area contributed by atoms with Crippen LogP contribution in [-0.4, -0.2) is 35.4 Å². The van der Waals surface area contributed by atoms with E-state index in [-0.39, 0.29) is 5.91 Å². The van der Waals surface area contributed by atoms with Gasteiger partial charge in [0, 0.05) is 11.1 Å². The van der Waals surface area contributed by atoms with Crippen LogP contribution in [0.4, 0.5) is 5.82 Å². The molecule has 8 nitrogen and oxygen atoms in total. The number of aromatic nitrogens is 6. The number of nitrogens with zero attached hydrogens (tertiary/aromatic N) is 6. The van der Waals surface area contributed by atoms with Crippen molar-refractivity contribution in [2.45, 2.75) is 51.9 Å². The molecule has 1 aliphatic rings. The maximum atomic E-state index is 13.9. The summed E-state index contributed by atoms with van der Waals surface area (Å²) >= 11 is 6.14. The lowest BCUT2D eigenvalue weighted by atomic mass is 9.78. The van der Waals surface area contributed by atoms with Gasteiger partial charge >= 0.3 is 0 Å². The van der Waals surface area contributed by atoms with Crippen LogP contribution in [0.5, 0.6) is 0 Å². The number of hydrogen-bond donors (Lipinski definition) is 1. The molecule has 1 amide bonds. The Kier molecular flexibility index (Phi) is 5.99. The van der Waals surface area contributed by atoms with Crippen LogP contribution >= 0.6 is 11.6 Å². The summed E-state index contributed by atoms with van der Waals surface area (Å²) in [5.74, 6) is 1.07. The third kappa shape index (κ3) is 3.96. The molecule has 0 aliphatic heterocycles. The minimum Gasteiger partial charge on any atom is -0.310 e. The van der Waals surface area contributed by atoms with Gasteiger partial charge in [0.1, 0.15) is 12.1 Å². The SMILES string of the molecule is Cc1cc(NC(=O)C2(c3ccc(Cl)cc3)CCCC2)n(-c2ncnc3c2cnn3-c2cccc(C)c2C)n1. The number of hydrogen-bond acceptors (Lipinski definition) is 5. The van der Waals surface area contributed by atoms with E-state index in [1.807, 2.05) is 54.1 Å². The summed E-state index contributed by atoms with van der Waals surface area (Å²) in [6.45, 7) is 6.05. The smallest absolute Gasteiger partial charge is 0.236 e. The highest BCUT2D eigenvalue weighted by Crippen LogP contribution is 2.42. The summed E-state index contributed by atoms with van der Waals surface area (Å²) in [7, 11) is 0. The van der Waals surface area contributed by atoms with Gasteiger partial charge in [0.15, 0.2) is 11.5 Å². The summed E-state index contributed by atoms with van der Waals surface area (Å²) in [6, 6.07) is 15.6. The number of anilines is 1. The van der Waals surface area contributed by atoms with Gasteiger partial charge in [0.05, 0.1) is 28.4 Å². The Balaban J connectivity index is 1.41. The Morgan fingerprint density at radius 3 is 2.53 bits per heavy atom. The number of carbonyl (C=O) groups excluding carboxylic acids is 1. The van der Waals surface area contributed by atoms with E-state index < -0.39 is 5.41 Å². The minimum atomic E-state index is -0.609. The van der Waals surface area contributed by atoms with Gasteiger partial charge in [-0.3, -0.25) is 4.79 Å². The molecule has 3 aromatic heterocycles. The number of halogens is 1. The molecular weight excluding hydrogens is 498 g/mol. The summed E-state index contributed by atoms with van der Waals surface area (Å²) in [5.41, 5.74) is 5.07. The number of fused-ring (bicyclic) bond motifs is 1. The van der Waals surface area contributed by atoms with Crippen molar-refractivity contribution in [3.63, 3.8) is 0 Å². The lowest BCUT2D eigenvalue weighted by Crippen LogP contribution is -2.38. The van der Waals surface area contributed by atoms with Crippen molar-refractivity contribution < 1.29 is 4.79 Å². The Morgan fingerprint density at radius 2 is 1.76 bits per heavy atom. The number of amides is 1. The molecule has 3 heterocycles. The first kappa shape index (κ1) is 24.3. The predicted octanol–water partition coefficient (Wildman–Crippen LogP) is 6.03. The second-order valence-corrected chi connectivity index (χ2v) is 10.5. The van der Waals surface area contributed by atoms with Crippen LogP contribution in [0.3, 0.4) is 0 Å². The highest BCUT2D eigenvalue weighted by atomic mass is 35.5. The van der Waals surface area contributed by atoms with Gasteiger partial charge in [0.2, 0.25) is 5.91 Å². The van der Waals surface area contributed by atoms with Crippen molar-refractivity contribution in [1.82, 2.24) is 29.5 Å². The van der Waals surface area contributed by atoms with Crippen LogP contribution in [0, 0.1) is 20.8 Å². The van der Waals surface area contributed by atoms with E-state index in [4.69, 9.17) is 11.6 Å². The Hall–Kier alpha value is -4.04. The molecule has 2 aromatic carbocycles. The van der Waals surface area contributed by atoms with Crippen LogP contribution in [0.15, 0.2) is 61.1 Å². The molecule has 0 bridgehead atoms. The molecule has 192 valence electrons. The van der Waals surface area contributed by atoms with Crippen LogP contribution in [0.1, 0.15) is 48.1 Å². The summed E-state index contributed by atoms with van der Waals surface area (Å²) in [4.78, 5) is 23.0. The molecule has 1 saturated carbocycles. The van der Waals surface area contributed by atoms with Gasteiger partial charge < -0.3 is 5.32 Å². The third-order valence-corrected chi connectivity index (χ3v) is 7.96. The Morgan fingerprint density at radius 1 is 1.00 bits per heavy atom. The summed E-state index contributed by atoms with van der Waals surface area (Å²) < 4.78 is 3.50. The molecular formula is C29H28ClN7O. The van der Waals surface area contributed by atoms with E-state index >= 15 is 0 Å². The maximum Gasteiger partial charge on any atom is 0.236 e. The fourth-order valence-electron chi connectivity index (χ4n) is 5.52. The van der Waals surface area contributed by atoms with E-state index in [0.717, 1.165) is 53.6 Å². The standard InChI is InChI=1S/C29H28ClN7O/c1-18-7-6-8-24(20(18)3)36-26-23(16-33-36)27(32-17-31-26)37-25(15-19(2)35-37)34-28(38)29(13-4-5-14-29)21-9-11-22(30)12-10-21/h6-12,15-17H,4-5,13-14H2,1-3H3,(H,34,38). The molecule has 0 saturated heterocycles. The Bertz CT molecular complexity index is 1660. The molecule has 1 aliphatic carbocycles. The lowest BCUT2D eigenvalue weighted by Gasteiger charge is -2.28. The molecule has 0 atom stereocenters. The third-order valence-electron chi connectivity index (χ3n) is 7.71. The number of rotatable bonds is 5. The van der Waals surface area contributed by atoms with Gasteiger partial charge in [0.25, 0.3) is 0 Å². The highest BCUT2D eigenvalue weighted by Gasteiger charge is 2.43. The molecule has 1 N–H and O–H groups in total. The van der Waals surface area contributed by atoms with Crippen LogP contribution < -0.4 is 5.32 Å². The number of benzene rings is 2. The monoisotopic (exact) mass is 525 g/mol. The maximum absolute atomic E-state index is 13.9. The highest BCUT2D eigenvalue weighted by molar-refractivity contribution is 6.30. The van der Waals surface area contributed by atoms with Crippen molar-refractivity contribution in [3.8, 4) is 11.5 Å². The second-order valence-electron chi connectivity index (χ2n) is 10.0. The van der Waals surface area contributed by atoms with Gasteiger partial charge in [-0.1, -0.05) is 48.7 Å². The van der Waals surface area contributed by atoms with E-state index in [2.05, 4.69) is 45.4 Å². The van der Waals surface area contributed by atoms with Crippen LogP contribution in [0.25, 0.3) is 22.5 Å². The van der Waals surface area contributed by atoms with Gasteiger partial charge in [-0.15, -0.1) is 0 Å². The zero-order chi connectivity index (χ0) is 26.4. The topological polar surface area (TPSA) is 90.5 Å². The normalized spacial score (nSPS) is 14.7. The van der Waals surface area contributed by atoms with Gasteiger partial charge in [-0.25, -0.2) is 14.6 Å². The molecule has 0 unspecified atom stereocenters. The van der Waals surface area contributed by atoms with Gasteiger partial charge in [-0.05, 0) is 68.5 Å². The number of nitrogens with one attached hydrogen (secondary N) is 1. The fraction of sp³-hybridized carbons (Fsp3) is 0.276. The van der Waals surface area contributed by atoms with Crippen molar-refractivity contribution in [1.29, 1.82) is 0 Å². The first-order chi connectivity index (χ1) is 18.4. The molecule has 5 aromatic rings. The summed E-state index contributed by atoms with van der Waals surface area (Å²) in [5, 5.41) is 13.9. The zero-order valence-corrected chi connectivity index (χ0v) is 22.3. The fourth-order valence-corrected chi connectivity index (χ4v) is 5.65. The molecule has 38 heavy (non-hydrogen) atoms. The molecule has 9 heteroatoms. The van der Waals surface area contributed by atoms with Crippen molar-refractivity contribution in [2.24, 2.45) is 0 Å². The van der Waals surface area contributed by atoms with E-state index in [1.54, 1.807) is 10.9 Å². The van der Waals surface area contributed by atoms with Crippen molar-refractivity contribution in [2.75, 3.05) is 5.32 Å².